The summed E-state index contributed by atoms with van der Waals surface area (Å²) in [6.45, 7) is 9.87. The second kappa shape index (κ2) is 7.45. The van der Waals surface area contributed by atoms with Crippen LogP contribution in [0.3, 0.4) is 0 Å². The van der Waals surface area contributed by atoms with Crippen molar-refractivity contribution < 1.29 is 4.79 Å². The maximum atomic E-state index is 12.0. The van der Waals surface area contributed by atoms with Gasteiger partial charge in [0.15, 0.2) is 0 Å². The normalized spacial score (nSPS) is 11.4. The molecule has 0 aliphatic heterocycles. The van der Waals surface area contributed by atoms with Gasteiger partial charge in [-0.25, -0.2) is 4.98 Å². The lowest BCUT2D eigenvalue weighted by molar-refractivity contribution is 0.0935. The molecule has 6 heteroatoms. The third-order valence-corrected chi connectivity index (χ3v) is 3.37. The molecule has 1 amide bonds. The highest BCUT2D eigenvalue weighted by molar-refractivity contribution is 6.33. The minimum absolute atomic E-state index is 0.173. The van der Waals surface area contributed by atoms with Crippen LogP contribution in [0, 0.1) is 0 Å². The zero-order valence-corrected chi connectivity index (χ0v) is 13.2. The second-order valence-corrected chi connectivity index (χ2v) is 5.65. The highest BCUT2D eigenvalue weighted by Gasteiger charge is 2.15. The topological polar surface area (TPSA) is 71.2 Å². The van der Waals surface area contributed by atoms with Gasteiger partial charge in [0.1, 0.15) is 11.5 Å². The largest absolute Gasteiger partial charge is 0.384 e. The number of hydrogen-bond acceptors (Lipinski definition) is 4. The Kier molecular flexibility index (Phi) is 6.23. The number of hydrogen-bond donors (Lipinski definition) is 2. The zero-order chi connectivity index (χ0) is 15.3. The van der Waals surface area contributed by atoms with Crippen molar-refractivity contribution in [2.75, 3.05) is 18.8 Å². The van der Waals surface area contributed by atoms with E-state index in [4.69, 9.17) is 17.3 Å². The summed E-state index contributed by atoms with van der Waals surface area (Å²) in [6.07, 6.45) is 0. The fourth-order valence-corrected chi connectivity index (χ4v) is 2.30. The van der Waals surface area contributed by atoms with Crippen LogP contribution in [0.15, 0.2) is 12.1 Å². The first-order valence-corrected chi connectivity index (χ1v) is 7.16. The Morgan fingerprint density at radius 3 is 2.50 bits per heavy atom. The summed E-state index contributed by atoms with van der Waals surface area (Å²) in [5.74, 6) is -0.0136. The third kappa shape index (κ3) is 4.65. The first-order chi connectivity index (χ1) is 9.32. The molecule has 0 saturated heterocycles. The van der Waals surface area contributed by atoms with Gasteiger partial charge in [-0.1, -0.05) is 11.6 Å². The van der Waals surface area contributed by atoms with E-state index < -0.39 is 0 Å². The number of rotatable bonds is 6. The van der Waals surface area contributed by atoms with E-state index in [0.717, 1.165) is 6.54 Å². The van der Waals surface area contributed by atoms with Crippen LogP contribution >= 0.6 is 11.6 Å². The highest BCUT2D eigenvalue weighted by atomic mass is 35.5. The van der Waals surface area contributed by atoms with Gasteiger partial charge in [-0.2, -0.15) is 0 Å². The molecule has 20 heavy (non-hydrogen) atoms. The Hall–Kier alpha value is -1.33. The van der Waals surface area contributed by atoms with E-state index in [2.05, 4.69) is 42.9 Å². The molecule has 0 aliphatic carbocycles. The van der Waals surface area contributed by atoms with Crippen molar-refractivity contribution in [1.29, 1.82) is 0 Å². The van der Waals surface area contributed by atoms with Crippen LogP contribution in [0.2, 0.25) is 5.02 Å². The molecular weight excluding hydrogens is 276 g/mol. The predicted molar refractivity (Wildman–Crippen MR) is 83.0 cm³/mol. The van der Waals surface area contributed by atoms with E-state index in [9.17, 15) is 4.79 Å². The van der Waals surface area contributed by atoms with Crippen molar-refractivity contribution in [3.63, 3.8) is 0 Å². The Morgan fingerprint density at radius 1 is 1.35 bits per heavy atom. The van der Waals surface area contributed by atoms with Gasteiger partial charge in [-0.15, -0.1) is 0 Å². The van der Waals surface area contributed by atoms with E-state index in [1.54, 1.807) is 12.1 Å². The summed E-state index contributed by atoms with van der Waals surface area (Å²) >= 11 is 5.94. The van der Waals surface area contributed by atoms with Crippen molar-refractivity contribution in [2.24, 2.45) is 0 Å². The van der Waals surface area contributed by atoms with Crippen LogP contribution in [-0.4, -0.2) is 41.0 Å². The van der Waals surface area contributed by atoms with Crippen LogP contribution in [0.25, 0.3) is 0 Å². The lowest BCUT2D eigenvalue weighted by atomic mass is 10.2. The number of nitrogens with two attached hydrogens (primary N) is 1. The number of anilines is 1. The highest BCUT2D eigenvalue weighted by Crippen LogP contribution is 2.14. The van der Waals surface area contributed by atoms with Gasteiger partial charge in [-0.05, 0) is 39.8 Å². The molecule has 3 N–H and O–H groups in total. The first kappa shape index (κ1) is 16.7. The number of halogens is 1. The molecule has 0 fully saturated rings. The summed E-state index contributed by atoms with van der Waals surface area (Å²) in [7, 11) is 0. The molecule has 1 rings (SSSR count). The van der Waals surface area contributed by atoms with Gasteiger partial charge >= 0.3 is 0 Å². The smallest absolute Gasteiger partial charge is 0.271 e. The molecule has 0 radical (unpaired) electrons. The summed E-state index contributed by atoms with van der Waals surface area (Å²) in [5.41, 5.74) is 5.74. The summed E-state index contributed by atoms with van der Waals surface area (Å²) < 4.78 is 0. The number of nitrogen functional groups attached to an aromatic ring is 1. The number of carbonyl (C=O) groups excluding carboxylic acids is 1. The molecule has 1 heterocycles. The minimum atomic E-state index is -0.297. The van der Waals surface area contributed by atoms with Gasteiger partial charge < -0.3 is 11.1 Å². The lowest BCUT2D eigenvalue weighted by Crippen LogP contribution is -2.42. The molecule has 1 aromatic heterocycles. The standard InChI is InChI=1S/C14H23ClN4O/c1-9(2)19(10(3)4)8-7-17-14(20)13-11(15)5-6-12(16)18-13/h5-6,9-10H,7-8H2,1-4H3,(H2,16,18)(H,17,20). The number of carbonyl (C=O) groups is 1. The van der Waals surface area contributed by atoms with Crippen molar-refractivity contribution in [2.45, 2.75) is 39.8 Å². The van der Waals surface area contributed by atoms with Crippen molar-refractivity contribution in [3.8, 4) is 0 Å². The van der Waals surface area contributed by atoms with Gasteiger partial charge in [0.2, 0.25) is 0 Å². The second-order valence-electron chi connectivity index (χ2n) is 5.25. The number of aromatic nitrogens is 1. The minimum Gasteiger partial charge on any atom is -0.384 e. The molecule has 0 spiro atoms. The van der Waals surface area contributed by atoms with E-state index in [1.165, 1.54) is 0 Å². The van der Waals surface area contributed by atoms with Crippen LogP contribution in [0.1, 0.15) is 38.2 Å². The Bertz CT molecular complexity index is 454. The van der Waals surface area contributed by atoms with Gasteiger partial charge in [0.25, 0.3) is 5.91 Å². The van der Waals surface area contributed by atoms with Crippen molar-refractivity contribution >= 4 is 23.3 Å². The molecule has 0 saturated carbocycles. The van der Waals surface area contributed by atoms with Crippen LogP contribution in [0.5, 0.6) is 0 Å². The van der Waals surface area contributed by atoms with E-state index >= 15 is 0 Å². The van der Waals surface area contributed by atoms with Crippen molar-refractivity contribution in [1.82, 2.24) is 15.2 Å². The van der Waals surface area contributed by atoms with Crippen LogP contribution in [-0.2, 0) is 0 Å². The average molecular weight is 299 g/mol. The summed E-state index contributed by atoms with van der Waals surface area (Å²) in [4.78, 5) is 18.3. The van der Waals surface area contributed by atoms with Crippen LogP contribution < -0.4 is 11.1 Å². The Balaban J connectivity index is 2.57. The zero-order valence-electron chi connectivity index (χ0n) is 12.5. The lowest BCUT2D eigenvalue weighted by Gasteiger charge is -2.30. The fourth-order valence-electron chi connectivity index (χ4n) is 2.11. The number of nitrogens with zero attached hydrogens (tertiary/aromatic N) is 2. The quantitative estimate of drug-likeness (QED) is 0.844. The predicted octanol–water partition coefficient (Wildman–Crippen LogP) is 2.17. The summed E-state index contributed by atoms with van der Waals surface area (Å²) in [6, 6.07) is 4.01. The molecule has 0 unspecified atom stereocenters. The molecule has 112 valence electrons. The Labute approximate surface area is 125 Å². The molecule has 0 bridgehead atoms. The monoisotopic (exact) mass is 298 g/mol. The SMILES string of the molecule is CC(C)N(CCNC(=O)c1nc(N)ccc1Cl)C(C)C. The molecule has 1 aromatic rings. The fraction of sp³-hybridized carbons (Fsp3) is 0.571. The molecule has 0 aromatic carbocycles. The molecular formula is C14H23ClN4O. The van der Waals surface area contributed by atoms with Gasteiger partial charge in [0.05, 0.1) is 5.02 Å². The van der Waals surface area contributed by atoms with E-state index in [0.29, 0.717) is 23.7 Å². The number of pyridine rings is 1. The first-order valence-electron chi connectivity index (χ1n) is 6.79. The molecule has 0 atom stereocenters. The average Bonchev–Trinajstić information content (AvgIpc) is 2.36. The van der Waals surface area contributed by atoms with Crippen LogP contribution in [0.4, 0.5) is 5.82 Å². The molecule has 0 aliphatic rings. The van der Waals surface area contributed by atoms with E-state index in [1.807, 2.05) is 0 Å². The van der Waals surface area contributed by atoms with Gasteiger partial charge in [0, 0.05) is 25.2 Å². The maximum Gasteiger partial charge on any atom is 0.271 e. The third-order valence-electron chi connectivity index (χ3n) is 3.06. The number of amides is 1. The summed E-state index contributed by atoms with van der Waals surface area (Å²) in [5, 5.41) is 3.13. The van der Waals surface area contributed by atoms with Gasteiger partial charge in [-0.3, -0.25) is 9.69 Å². The molecule has 5 nitrogen and oxygen atoms in total. The van der Waals surface area contributed by atoms with Crippen molar-refractivity contribution in [3.05, 3.63) is 22.8 Å². The van der Waals surface area contributed by atoms with E-state index in [-0.39, 0.29) is 17.4 Å². The number of nitrogens with one attached hydrogen (secondary N) is 1. The Morgan fingerprint density at radius 2 is 1.95 bits per heavy atom. The maximum absolute atomic E-state index is 12.0.